The lowest BCUT2D eigenvalue weighted by Gasteiger charge is -2.43. The standard InChI is InChI=1S/C16H26N4O4/c1-23-16-4-2-13(24-9-8-21)10-14(16)20(7-5-16)15(22)3-6-19-12-17-11-18-19/h11-14,21H,2-10H2,1H3/t13-,14-,16+/m0/s1. The zero-order chi connectivity index (χ0) is 17.0. The van der Waals surface area contributed by atoms with Crippen molar-refractivity contribution in [3.63, 3.8) is 0 Å². The Morgan fingerprint density at radius 1 is 1.46 bits per heavy atom. The zero-order valence-electron chi connectivity index (χ0n) is 14.1. The summed E-state index contributed by atoms with van der Waals surface area (Å²) in [6.07, 6.45) is 7.01. The number of ether oxygens (including phenoxy) is 2. The van der Waals surface area contributed by atoms with Crippen LogP contribution in [-0.4, -0.2) is 75.3 Å². The molecule has 1 saturated carbocycles. The fraction of sp³-hybridized carbons (Fsp3) is 0.812. The molecule has 24 heavy (non-hydrogen) atoms. The van der Waals surface area contributed by atoms with Crippen LogP contribution in [-0.2, 0) is 20.8 Å². The third-order valence-corrected chi connectivity index (χ3v) is 5.33. The Morgan fingerprint density at radius 3 is 3.04 bits per heavy atom. The van der Waals surface area contributed by atoms with E-state index in [4.69, 9.17) is 14.6 Å². The number of aryl methyl sites for hydroxylation is 1. The maximum absolute atomic E-state index is 12.7. The first-order chi connectivity index (χ1) is 11.7. The van der Waals surface area contributed by atoms with E-state index in [9.17, 15) is 4.79 Å². The number of carbonyl (C=O) groups excluding carboxylic acids is 1. The highest BCUT2D eigenvalue weighted by atomic mass is 16.5. The number of rotatable bonds is 7. The first-order valence-electron chi connectivity index (χ1n) is 8.58. The number of methoxy groups -OCH3 is 1. The van der Waals surface area contributed by atoms with Crippen LogP contribution in [0.5, 0.6) is 0 Å². The molecule has 1 aromatic heterocycles. The van der Waals surface area contributed by atoms with Crippen molar-refractivity contribution in [3.05, 3.63) is 12.7 Å². The smallest absolute Gasteiger partial charge is 0.224 e. The fourth-order valence-corrected chi connectivity index (χ4v) is 4.03. The quantitative estimate of drug-likeness (QED) is 0.765. The number of carbonyl (C=O) groups is 1. The maximum Gasteiger partial charge on any atom is 0.224 e. The number of aliphatic hydroxyl groups excluding tert-OH is 1. The Kier molecular flexibility index (Phi) is 5.47. The van der Waals surface area contributed by atoms with Crippen LogP contribution in [0.25, 0.3) is 0 Å². The van der Waals surface area contributed by atoms with Gasteiger partial charge in [-0.05, 0) is 25.7 Å². The minimum atomic E-state index is -0.248. The van der Waals surface area contributed by atoms with Crippen molar-refractivity contribution in [2.24, 2.45) is 0 Å². The Hall–Kier alpha value is -1.51. The van der Waals surface area contributed by atoms with Crippen LogP contribution in [0.3, 0.4) is 0 Å². The molecule has 0 radical (unpaired) electrons. The van der Waals surface area contributed by atoms with Gasteiger partial charge >= 0.3 is 0 Å². The topological polar surface area (TPSA) is 89.7 Å². The van der Waals surface area contributed by atoms with Crippen LogP contribution >= 0.6 is 0 Å². The lowest BCUT2D eigenvalue weighted by atomic mass is 9.79. The molecule has 8 heteroatoms. The van der Waals surface area contributed by atoms with Gasteiger partial charge in [0, 0.05) is 20.1 Å². The first-order valence-corrected chi connectivity index (χ1v) is 8.58. The number of amides is 1. The minimum absolute atomic E-state index is 0.0249. The highest BCUT2D eigenvalue weighted by Crippen LogP contribution is 2.43. The second kappa shape index (κ2) is 7.58. The largest absolute Gasteiger partial charge is 0.394 e. The van der Waals surface area contributed by atoms with Gasteiger partial charge in [0.05, 0.1) is 37.5 Å². The van der Waals surface area contributed by atoms with E-state index in [1.165, 1.54) is 6.33 Å². The summed E-state index contributed by atoms with van der Waals surface area (Å²) in [6.45, 7) is 1.63. The Labute approximate surface area is 141 Å². The van der Waals surface area contributed by atoms with Crippen molar-refractivity contribution in [1.29, 1.82) is 0 Å². The molecule has 1 amide bonds. The van der Waals surface area contributed by atoms with Gasteiger partial charge in [0.15, 0.2) is 0 Å². The number of aromatic nitrogens is 3. The Balaban J connectivity index is 1.63. The predicted octanol–water partition coefficient (Wildman–Crippen LogP) is 0.216. The van der Waals surface area contributed by atoms with E-state index in [1.54, 1.807) is 18.1 Å². The van der Waals surface area contributed by atoms with Gasteiger partial charge < -0.3 is 19.5 Å². The van der Waals surface area contributed by atoms with Gasteiger partial charge in [0.1, 0.15) is 12.7 Å². The van der Waals surface area contributed by atoms with Crippen LogP contribution in [0.1, 0.15) is 32.1 Å². The van der Waals surface area contributed by atoms with Gasteiger partial charge in [-0.3, -0.25) is 9.48 Å². The fourth-order valence-electron chi connectivity index (χ4n) is 4.03. The van der Waals surface area contributed by atoms with Crippen molar-refractivity contribution in [1.82, 2.24) is 19.7 Å². The van der Waals surface area contributed by atoms with Crippen LogP contribution in [0.4, 0.5) is 0 Å². The van der Waals surface area contributed by atoms with Crippen molar-refractivity contribution >= 4 is 5.91 Å². The second-order valence-corrected chi connectivity index (χ2v) is 6.52. The van der Waals surface area contributed by atoms with E-state index in [1.807, 2.05) is 4.90 Å². The molecule has 0 bridgehead atoms. The van der Waals surface area contributed by atoms with Gasteiger partial charge in [-0.1, -0.05) is 0 Å². The summed E-state index contributed by atoms with van der Waals surface area (Å²) in [7, 11) is 1.74. The predicted molar refractivity (Wildman–Crippen MR) is 85.2 cm³/mol. The van der Waals surface area contributed by atoms with Gasteiger partial charge in [-0.15, -0.1) is 0 Å². The molecule has 0 unspecified atom stereocenters. The summed E-state index contributed by atoms with van der Waals surface area (Å²) in [6, 6.07) is 0.0446. The summed E-state index contributed by atoms with van der Waals surface area (Å²) in [5.74, 6) is 0.122. The molecular weight excluding hydrogens is 312 g/mol. The van der Waals surface area contributed by atoms with Crippen molar-refractivity contribution < 1.29 is 19.4 Å². The molecule has 2 fully saturated rings. The van der Waals surface area contributed by atoms with Gasteiger partial charge in [0.2, 0.25) is 5.91 Å². The van der Waals surface area contributed by atoms with Crippen LogP contribution in [0.2, 0.25) is 0 Å². The second-order valence-electron chi connectivity index (χ2n) is 6.52. The third kappa shape index (κ3) is 3.45. The van der Waals surface area contributed by atoms with E-state index in [-0.39, 0.29) is 30.3 Å². The molecule has 1 saturated heterocycles. The molecule has 0 spiro atoms. The van der Waals surface area contributed by atoms with Gasteiger partial charge in [-0.2, -0.15) is 5.10 Å². The van der Waals surface area contributed by atoms with E-state index in [2.05, 4.69) is 10.1 Å². The third-order valence-electron chi connectivity index (χ3n) is 5.33. The number of hydrogen-bond donors (Lipinski definition) is 1. The van der Waals surface area contributed by atoms with E-state index < -0.39 is 0 Å². The van der Waals surface area contributed by atoms with E-state index >= 15 is 0 Å². The average molecular weight is 338 g/mol. The number of nitrogens with zero attached hydrogens (tertiary/aromatic N) is 4. The van der Waals surface area contributed by atoms with Crippen LogP contribution in [0, 0.1) is 0 Å². The van der Waals surface area contributed by atoms with E-state index in [0.29, 0.717) is 19.6 Å². The maximum atomic E-state index is 12.7. The monoisotopic (exact) mass is 338 g/mol. The van der Waals surface area contributed by atoms with Crippen molar-refractivity contribution in [2.45, 2.75) is 56.4 Å². The molecule has 0 aromatic carbocycles. The number of hydrogen-bond acceptors (Lipinski definition) is 6. The lowest BCUT2D eigenvalue weighted by molar-refractivity contribution is -0.142. The number of likely N-dealkylation sites (tertiary alicyclic amines) is 1. The van der Waals surface area contributed by atoms with E-state index in [0.717, 1.165) is 32.2 Å². The molecule has 3 atom stereocenters. The Bertz CT molecular complexity index is 538. The van der Waals surface area contributed by atoms with Gasteiger partial charge in [0.25, 0.3) is 0 Å². The molecule has 1 aliphatic heterocycles. The molecule has 1 N–H and O–H groups in total. The summed E-state index contributed by atoms with van der Waals surface area (Å²) in [5.41, 5.74) is -0.248. The van der Waals surface area contributed by atoms with Crippen molar-refractivity contribution in [2.75, 3.05) is 26.9 Å². The molecule has 3 rings (SSSR count). The number of aliphatic hydroxyl groups is 1. The summed E-state index contributed by atoms with van der Waals surface area (Å²) >= 11 is 0. The van der Waals surface area contributed by atoms with Crippen LogP contribution in [0.15, 0.2) is 12.7 Å². The first kappa shape index (κ1) is 17.3. The van der Waals surface area contributed by atoms with Crippen molar-refractivity contribution in [3.8, 4) is 0 Å². The zero-order valence-corrected chi connectivity index (χ0v) is 14.1. The number of fused-ring (bicyclic) bond motifs is 1. The molecule has 134 valence electrons. The Morgan fingerprint density at radius 2 is 2.33 bits per heavy atom. The average Bonchev–Trinajstić information content (AvgIpc) is 3.25. The molecule has 1 aliphatic carbocycles. The summed E-state index contributed by atoms with van der Waals surface area (Å²) in [4.78, 5) is 18.6. The summed E-state index contributed by atoms with van der Waals surface area (Å²) in [5, 5.41) is 13.0. The van der Waals surface area contributed by atoms with Crippen LogP contribution < -0.4 is 0 Å². The molecular formula is C16H26N4O4. The molecule has 1 aromatic rings. The SMILES string of the molecule is CO[C@@]12CC[C@H](OCCO)C[C@@H]1N(C(=O)CCn1cncn1)CC2. The highest BCUT2D eigenvalue weighted by Gasteiger charge is 2.52. The minimum Gasteiger partial charge on any atom is -0.394 e. The molecule has 2 aliphatic rings. The molecule has 8 nitrogen and oxygen atoms in total. The highest BCUT2D eigenvalue weighted by molar-refractivity contribution is 5.77. The van der Waals surface area contributed by atoms with Gasteiger partial charge in [-0.25, -0.2) is 4.98 Å². The molecule has 2 heterocycles. The summed E-state index contributed by atoms with van der Waals surface area (Å²) < 4.78 is 13.2. The normalized spacial score (nSPS) is 29.7. The lowest BCUT2D eigenvalue weighted by Crippen LogP contribution is -2.53.